The van der Waals surface area contributed by atoms with E-state index in [1.807, 2.05) is 11.0 Å². The molecule has 1 saturated heterocycles. The van der Waals surface area contributed by atoms with Crippen molar-refractivity contribution in [1.82, 2.24) is 10.3 Å². The summed E-state index contributed by atoms with van der Waals surface area (Å²) in [7, 11) is 0. The number of piperidine rings is 1. The molecule has 3 heterocycles. The van der Waals surface area contributed by atoms with Crippen molar-refractivity contribution in [2.45, 2.75) is 25.6 Å². The summed E-state index contributed by atoms with van der Waals surface area (Å²) in [6.07, 6.45) is -1.59. The summed E-state index contributed by atoms with van der Waals surface area (Å²) in [5, 5.41) is 12.3. The first-order chi connectivity index (χ1) is 16.3. The van der Waals surface area contributed by atoms with Gasteiger partial charge in [0.15, 0.2) is 5.76 Å². The summed E-state index contributed by atoms with van der Waals surface area (Å²) < 4.78 is 51.6. The monoisotopic (exact) mass is 474 g/mol. The zero-order chi connectivity index (χ0) is 24.1. The van der Waals surface area contributed by atoms with E-state index in [0.717, 1.165) is 5.56 Å². The number of furan rings is 1. The van der Waals surface area contributed by atoms with Crippen molar-refractivity contribution >= 4 is 11.8 Å². The van der Waals surface area contributed by atoms with Crippen LogP contribution in [0.2, 0.25) is 0 Å². The third-order valence-electron chi connectivity index (χ3n) is 5.47. The number of nitrogens with zero attached hydrogens (tertiary/aromatic N) is 3. The molecule has 0 saturated carbocycles. The Hall–Kier alpha value is -3.94. The van der Waals surface area contributed by atoms with Gasteiger partial charge in [0.05, 0.1) is 6.26 Å². The molecule has 2 aromatic heterocycles. The maximum atomic E-state index is 12.5. The Morgan fingerprint density at radius 3 is 2.59 bits per heavy atom. The summed E-state index contributed by atoms with van der Waals surface area (Å²) >= 11 is 0. The van der Waals surface area contributed by atoms with E-state index in [1.165, 1.54) is 30.5 Å². The van der Waals surface area contributed by atoms with Gasteiger partial charge < -0.3 is 23.8 Å². The molecule has 4 rings (SSSR count). The Labute approximate surface area is 192 Å². The van der Waals surface area contributed by atoms with Crippen molar-refractivity contribution < 1.29 is 31.5 Å². The van der Waals surface area contributed by atoms with Crippen molar-refractivity contribution in [3.8, 4) is 23.5 Å². The van der Waals surface area contributed by atoms with Crippen molar-refractivity contribution in [2.75, 3.05) is 24.5 Å². The van der Waals surface area contributed by atoms with Crippen LogP contribution in [-0.2, 0) is 11.2 Å². The Balaban J connectivity index is 1.25. The van der Waals surface area contributed by atoms with Crippen LogP contribution in [-0.4, -0.2) is 36.9 Å². The van der Waals surface area contributed by atoms with Gasteiger partial charge in [-0.1, -0.05) is 12.1 Å². The number of rotatable bonds is 7. The highest BCUT2D eigenvalue weighted by atomic mass is 19.4. The van der Waals surface area contributed by atoms with Crippen LogP contribution >= 0.6 is 0 Å². The molecule has 11 heteroatoms. The minimum Gasteiger partial charge on any atom is -0.459 e. The molecule has 0 atom stereocenters. The average Bonchev–Trinajstić information content (AvgIpc) is 3.49. The lowest BCUT2D eigenvalue weighted by atomic mass is 9.96. The molecule has 1 N–H and O–H groups in total. The zero-order valence-corrected chi connectivity index (χ0v) is 18.0. The SMILES string of the molecule is N#Cc1nc(-c2ccco2)oc1N1CCC(C(=O)NCCc2ccc(OC(F)(F)F)cc2)CC1. The molecule has 0 aliphatic carbocycles. The molecule has 1 fully saturated rings. The van der Waals surface area contributed by atoms with E-state index in [4.69, 9.17) is 8.83 Å². The number of amides is 1. The molecular formula is C23H21F3N4O4. The fourth-order valence-electron chi connectivity index (χ4n) is 3.78. The van der Waals surface area contributed by atoms with Gasteiger partial charge in [-0.3, -0.25) is 4.79 Å². The van der Waals surface area contributed by atoms with Crippen LogP contribution in [0, 0.1) is 17.2 Å². The lowest BCUT2D eigenvalue weighted by Gasteiger charge is -2.31. The molecule has 0 spiro atoms. The van der Waals surface area contributed by atoms with Crippen molar-refractivity contribution in [3.05, 3.63) is 53.9 Å². The van der Waals surface area contributed by atoms with Crippen LogP contribution in [0.15, 0.2) is 51.5 Å². The van der Waals surface area contributed by atoms with Crippen molar-refractivity contribution in [1.29, 1.82) is 5.26 Å². The first-order valence-corrected chi connectivity index (χ1v) is 10.6. The number of hydrogen-bond acceptors (Lipinski definition) is 7. The third-order valence-corrected chi connectivity index (χ3v) is 5.47. The maximum Gasteiger partial charge on any atom is 0.573 e. The smallest absolute Gasteiger partial charge is 0.459 e. The highest BCUT2D eigenvalue weighted by Crippen LogP contribution is 2.31. The molecule has 1 amide bonds. The fourth-order valence-corrected chi connectivity index (χ4v) is 3.78. The molecule has 1 aromatic carbocycles. The van der Waals surface area contributed by atoms with Crippen molar-refractivity contribution in [3.63, 3.8) is 0 Å². The van der Waals surface area contributed by atoms with E-state index in [1.54, 1.807) is 12.1 Å². The number of ether oxygens (including phenoxy) is 1. The second-order valence-electron chi connectivity index (χ2n) is 7.76. The van der Waals surface area contributed by atoms with Crippen molar-refractivity contribution in [2.24, 2.45) is 5.92 Å². The molecule has 0 bridgehead atoms. The highest BCUT2D eigenvalue weighted by Gasteiger charge is 2.31. The molecule has 1 aliphatic rings. The Morgan fingerprint density at radius 1 is 1.24 bits per heavy atom. The van der Waals surface area contributed by atoms with Gasteiger partial charge in [-0.25, -0.2) is 0 Å². The van der Waals surface area contributed by atoms with Gasteiger partial charge in [-0.15, -0.1) is 13.2 Å². The van der Waals surface area contributed by atoms with Gasteiger partial charge in [0.1, 0.15) is 11.8 Å². The predicted octanol–water partition coefficient (Wildman–Crippen LogP) is 4.28. The standard InChI is InChI=1S/C23H21F3N4O4/c24-23(25,26)34-17-5-3-15(4-6-17)7-10-28-20(31)16-8-11-30(12-9-16)22-18(14-27)29-21(33-22)19-2-1-13-32-19/h1-6,13,16H,7-12H2,(H,28,31). The molecule has 178 valence electrons. The second kappa shape index (κ2) is 9.91. The van der Waals surface area contributed by atoms with E-state index >= 15 is 0 Å². The lowest BCUT2D eigenvalue weighted by Crippen LogP contribution is -2.41. The van der Waals surface area contributed by atoms with E-state index in [9.17, 15) is 23.2 Å². The predicted molar refractivity (Wildman–Crippen MR) is 114 cm³/mol. The summed E-state index contributed by atoms with van der Waals surface area (Å²) in [4.78, 5) is 18.6. The number of carbonyl (C=O) groups is 1. The molecule has 3 aromatic rings. The average molecular weight is 474 g/mol. The second-order valence-corrected chi connectivity index (χ2v) is 7.76. The minimum atomic E-state index is -4.73. The van der Waals surface area contributed by atoms with E-state index in [0.29, 0.717) is 50.5 Å². The number of halogens is 3. The largest absolute Gasteiger partial charge is 0.573 e. The maximum absolute atomic E-state index is 12.5. The summed E-state index contributed by atoms with van der Waals surface area (Å²) in [6, 6.07) is 11.0. The number of nitriles is 1. The summed E-state index contributed by atoms with van der Waals surface area (Å²) in [6.45, 7) is 1.42. The molecular weight excluding hydrogens is 453 g/mol. The van der Waals surface area contributed by atoms with Crippen LogP contribution in [0.1, 0.15) is 24.1 Å². The topological polar surface area (TPSA) is 105 Å². The Kier molecular flexibility index (Phi) is 6.77. The third kappa shape index (κ3) is 5.70. The number of nitrogens with one attached hydrogen (secondary N) is 1. The highest BCUT2D eigenvalue weighted by molar-refractivity contribution is 5.79. The number of aromatic nitrogens is 1. The van der Waals surface area contributed by atoms with Crippen LogP contribution in [0.25, 0.3) is 11.7 Å². The minimum absolute atomic E-state index is 0.0778. The van der Waals surface area contributed by atoms with Crippen LogP contribution in [0.5, 0.6) is 5.75 Å². The van der Waals surface area contributed by atoms with Gasteiger partial charge in [0.2, 0.25) is 17.5 Å². The zero-order valence-electron chi connectivity index (χ0n) is 18.0. The van der Waals surface area contributed by atoms with Gasteiger partial charge >= 0.3 is 6.36 Å². The molecule has 0 radical (unpaired) electrons. The first-order valence-electron chi connectivity index (χ1n) is 10.6. The lowest BCUT2D eigenvalue weighted by molar-refractivity contribution is -0.274. The quantitative estimate of drug-likeness (QED) is 0.545. The van der Waals surface area contributed by atoms with Gasteiger partial charge in [0, 0.05) is 25.6 Å². The normalized spacial score (nSPS) is 14.6. The molecule has 1 aliphatic heterocycles. The Bertz CT molecular complexity index is 1140. The van der Waals surface area contributed by atoms with E-state index < -0.39 is 6.36 Å². The van der Waals surface area contributed by atoms with E-state index in [2.05, 4.69) is 15.0 Å². The fraction of sp³-hybridized carbons (Fsp3) is 0.348. The Morgan fingerprint density at radius 2 is 1.97 bits per heavy atom. The molecule has 0 unspecified atom stereocenters. The number of alkyl halides is 3. The number of oxazole rings is 1. The molecule has 8 nitrogen and oxygen atoms in total. The van der Waals surface area contributed by atoms with Crippen LogP contribution in [0.4, 0.5) is 19.1 Å². The number of benzene rings is 1. The van der Waals surface area contributed by atoms with Crippen LogP contribution in [0.3, 0.4) is 0 Å². The number of hydrogen-bond donors (Lipinski definition) is 1. The summed E-state index contributed by atoms with van der Waals surface area (Å²) in [5.74, 6) is 0.483. The van der Waals surface area contributed by atoms with E-state index in [-0.39, 0.29) is 29.2 Å². The number of carbonyl (C=O) groups excluding carboxylic acids is 1. The van der Waals surface area contributed by atoms with Gasteiger partial charge in [0.25, 0.3) is 5.89 Å². The van der Waals surface area contributed by atoms with Gasteiger partial charge in [-0.2, -0.15) is 10.2 Å². The van der Waals surface area contributed by atoms with Crippen LogP contribution < -0.4 is 15.0 Å². The first kappa shape index (κ1) is 23.2. The number of anilines is 1. The molecule has 34 heavy (non-hydrogen) atoms. The summed E-state index contributed by atoms with van der Waals surface area (Å²) in [5.41, 5.74) is 0.951. The van der Waals surface area contributed by atoms with Gasteiger partial charge in [-0.05, 0) is 49.1 Å².